The molecule has 2 heterocycles. The molecule has 0 aliphatic carbocycles. The van der Waals surface area contributed by atoms with Gasteiger partial charge in [-0.1, -0.05) is 49.0 Å². The average Bonchev–Trinajstić information content (AvgIpc) is 2.92. The molecule has 1 atom stereocenters. The van der Waals surface area contributed by atoms with Crippen LogP contribution in [0.15, 0.2) is 83.1 Å². The van der Waals surface area contributed by atoms with E-state index in [1.165, 1.54) is 12.1 Å². The van der Waals surface area contributed by atoms with Crippen LogP contribution in [-0.2, 0) is 9.59 Å². The maximum absolute atomic E-state index is 14.9. The Morgan fingerprint density at radius 1 is 1.13 bits per heavy atom. The maximum atomic E-state index is 14.9. The number of benzene rings is 2. The fourth-order valence-electron chi connectivity index (χ4n) is 4.92. The first-order valence-corrected chi connectivity index (χ1v) is 12.5. The van der Waals surface area contributed by atoms with Gasteiger partial charge in [0, 0.05) is 49.4 Å². The number of hydrogen-bond donors (Lipinski definition) is 0. The molecule has 0 N–H and O–H groups in total. The summed E-state index contributed by atoms with van der Waals surface area (Å²) >= 11 is 0. The summed E-state index contributed by atoms with van der Waals surface area (Å²) in [4.78, 5) is 33.3. The second kappa shape index (κ2) is 11.4. The lowest BCUT2D eigenvalue weighted by Crippen LogP contribution is -2.58. The number of carbonyl (C=O) groups excluding carboxylic acids is 2. The molecule has 0 aromatic heterocycles. The van der Waals surface area contributed by atoms with E-state index in [-0.39, 0.29) is 17.8 Å². The van der Waals surface area contributed by atoms with Gasteiger partial charge in [-0.15, -0.1) is 0 Å². The van der Waals surface area contributed by atoms with E-state index in [2.05, 4.69) is 16.5 Å². The number of amides is 1. The van der Waals surface area contributed by atoms with Gasteiger partial charge >= 0.3 is 0 Å². The summed E-state index contributed by atoms with van der Waals surface area (Å²) in [6, 6.07) is 14.1. The van der Waals surface area contributed by atoms with Gasteiger partial charge in [0.15, 0.2) is 6.29 Å². The van der Waals surface area contributed by atoms with Gasteiger partial charge in [-0.2, -0.15) is 10.1 Å². The number of nitrogens with zero attached hydrogens (tertiary/aromatic N) is 5. The van der Waals surface area contributed by atoms with Gasteiger partial charge in [0.1, 0.15) is 5.82 Å². The quantitative estimate of drug-likeness (QED) is 0.261. The van der Waals surface area contributed by atoms with Crippen LogP contribution < -0.4 is 0 Å². The van der Waals surface area contributed by atoms with Gasteiger partial charge in [0.2, 0.25) is 11.9 Å². The number of allylic oxidation sites excluding steroid dienone is 3. The van der Waals surface area contributed by atoms with Crippen molar-refractivity contribution < 1.29 is 14.0 Å². The smallest absolute Gasteiger partial charge is 0.246 e. The molecule has 1 unspecified atom stereocenters. The summed E-state index contributed by atoms with van der Waals surface area (Å²) in [6.45, 7) is 10.9. The zero-order chi connectivity index (χ0) is 27.4. The lowest BCUT2D eigenvalue weighted by Gasteiger charge is -2.43. The van der Waals surface area contributed by atoms with Crippen LogP contribution in [0.1, 0.15) is 30.5 Å². The zero-order valence-corrected chi connectivity index (χ0v) is 22.2. The minimum Gasteiger partial charge on any atom is -0.335 e. The number of guanidine groups is 1. The molecule has 7 nitrogen and oxygen atoms in total. The zero-order valence-electron chi connectivity index (χ0n) is 22.2. The molecule has 196 valence electrons. The maximum Gasteiger partial charge on any atom is 0.246 e. The van der Waals surface area contributed by atoms with Crippen LogP contribution in [-0.4, -0.2) is 71.4 Å². The number of aryl methyl sites for hydroxylation is 1. The highest BCUT2D eigenvalue weighted by Gasteiger charge is 2.34. The van der Waals surface area contributed by atoms with Gasteiger partial charge in [-0.05, 0) is 50.1 Å². The molecule has 2 aliphatic heterocycles. The fourth-order valence-corrected chi connectivity index (χ4v) is 4.92. The molecule has 0 radical (unpaired) electrons. The number of hydrazone groups is 1. The van der Waals surface area contributed by atoms with E-state index in [1.54, 1.807) is 35.2 Å². The van der Waals surface area contributed by atoms with Crippen molar-refractivity contribution in [1.82, 2.24) is 14.8 Å². The van der Waals surface area contributed by atoms with Crippen molar-refractivity contribution in [3.05, 3.63) is 95.5 Å². The van der Waals surface area contributed by atoms with E-state index >= 15 is 0 Å². The first-order valence-electron chi connectivity index (χ1n) is 12.5. The summed E-state index contributed by atoms with van der Waals surface area (Å²) in [5.41, 5.74) is 4.18. The van der Waals surface area contributed by atoms with E-state index in [9.17, 15) is 14.0 Å². The molecule has 1 amide bonds. The summed E-state index contributed by atoms with van der Waals surface area (Å²) < 4.78 is 14.9. The average molecular weight is 514 g/mol. The highest BCUT2D eigenvalue weighted by molar-refractivity contribution is 6.25. The number of halogens is 1. The van der Waals surface area contributed by atoms with Crippen LogP contribution in [0.3, 0.4) is 0 Å². The second-order valence-corrected chi connectivity index (χ2v) is 9.32. The third-order valence-electron chi connectivity index (χ3n) is 6.90. The summed E-state index contributed by atoms with van der Waals surface area (Å²) in [7, 11) is 1.68. The van der Waals surface area contributed by atoms with E-state index in [1.807, 2.05) is 51.1 Å². The Hall–Kier alpha value is -4.33. The Bertz CT molecular complexity index is 1390. The van der Waals surface area contributed by atoms with Gasteiger partial charge in [0.05, 0.1) is 11.4 Å². The van der Waals surface area contributed by atoms with E-state index in [4.69, 9.17) is 5.10 Å². The standard InChI is InChI=1S/C30H32FN5O2/c1-6-29(38)34-15-16-35(21(3)18-34)30(32-5)36-28(26(19-37)23-12-8-7-11-20(23)2)17-25(22(4)33-36)24-13-9-10-14-27(24)31/h6-14,17,19,21H,1,15-16,18H2,2-5H3/b28-26+,32-30-. The van der Waals surface area contributed by atoms with Gasteiger partial charge in [-0.3, -0.25) is 14.6 Å². The van der Waals surface area contributed by atoms with Gasteiger partial charge < -0.3 is 9.80 Å². The fraction of sp³-hybridized carbons (Fsp3) is 0.267. The van der Waals surface area contributed by atoms with Crippen LogP contribution in [0, 0.1) is 12.7 Å². The Kier molecular flexibility index (Phi) is 8.00. The van der Waals surface area contributed by atoms with Crippen molar-refractivity contribution in [3.63, 3.8) is 0 Å². The number of aliphatic imine (C=N–C) groups is 1. The van der Waals surface area contributed by atoms with Crippen LogP contribution in [0.4, 0.5) is 4.39 Å². The molecular formula is C30H32FN5O2. The monoisotopic (exact) mass is 513 g/mol. The number of aldehydes is 1. The Morgan fingerprint density at radius 3 is 2.47 bits per heavy atom. The third-order valence-corrected chi connectivity index (χ3v) is 6.90. The molecule has 8 heteroatoms. The van der Waals surface area contributed by atoms with Crippen LogP contribution in [0.2, 0.25) is 0 Å². The van der Waals surface area contributed by atoms with E-state index in [0.29, 0.717) is 53.7 Å². The lowest BCUT2D eigenvalue weighted by atomic mass is 9.94. The normalized spacial score (nSPS) is 19.6. The Balaban J connectivity index is 1.87. The molecule has 2 aromatic carbocycles. The second-order valence-electron chi connectivity index (χ2n) is 9.32. The third kappa shape index (κ3) is 5.07. The topological polar surface area (TPSA) is 68.6 Å². The highest BCUT2D eigenvalue weighted by atomic mass is 19.1. The van der Waals surface area contributed by atoms with Crippen LogP contribution in [0.25, 0.3) is 11.1 Å². The molecule has 2 aromatic rings. The van der Waals surface area contributed by atoms with Gasteiger partial charge in [-0.25, -0.2) is 4.39 Å². The largest absolute Gasteiger partial charge is 0.335 e. The molecule has 2 aliphatic rings. The lowest BCUT2D eigenvalue weighted by molar-refractivity contribution is -0.128. The number of hydrogen-bond acceptors (Lipinski definition) is 4. The van der Waals surface area contributed by atoms with Gasteiger partial charge in [0.25, 0.3) is 0 Å². The molecule has 38 heavy (non-hydrogen) atoms. The molecule has 1 saturated heterocycles. The highest BCUT2D eigenvalue weighted by Crippen LogP contribution is 2.33. The van der Waals surface area contributed by atoms with Crippen molar-refractivity contribution >= 4 is 35.0 Å². The minimum atomic E-state index is -0.370. The summed E-state index contributed by atoms with van der Waals surface area (Å²) in [5, 5.41) is 6.53. The molecule has 0 spiro atoms. The first kappa shape index (κ1) is 26.7. The first-order chi connectivity index (χ1) is 18.3. The summed E-state index contributed by atoms with van der Waals surface area (Å²) in [5.74, 6) is 0.0548. The number of rotatable bonds is 4. The van der Waals surface area contributed by atoms with Crippen molar-refractivity contribution in [2.45, 2.75) is 26.8 Å². The van der Waals surface area contributed by atoms with E-state index < -0.39 is 0 Å². The number of piperazine rings is 1. The van der Waals surface area contributed by atoms with Crippen LogP contribution in [0.5, 0.6) is 0 Å². The van der Waals surface area contributed by atoms with Crippen LogP contribution >= 0.6 is 0 Å². The molecule has 4 rings (SSSR count). The molecule has 0 bridgehead atoms. The Labute approximate surface area is 223 Å². The van der Waals surface area contributed by atoms with Crippen molar-refractivity contribution in [1.29, 1.82) is 0 Å². The van der Waals surface area contributed by atoms with Crippen molar-refractivity contribution in [3.8, 4) is 0 Å². The predicted molar refractivity (Wildman–Crippen MR) is 150 cm³/mol. The van der Waals surface area contributed by atoms with Crippen molar-refractivity contribution in [2.75, 3.05) is 26.7 Å². The SMILES string of the molecule is C=CC(=O)N1CCN(/C(=N/C)N2N=C(C)C(c3ccccc3F)=C/C2=C(/C=O)c2ccccc2C)C(C)C1. The minimum absolute atomic E-state index is 0.0711. The number of carbonyl (C=O) groups is 2. The molecular weight excluding hydrogens is 481 g/mol. The molecule has 1 fully saturated rings. The van der Waals surface area contributed by atoms with Crippen molar-refractivity contribution in [2.24, 2.45) is 10.1 Å². The predicted octanol–water partition coefficient (Wildman–Crippen LogP) is 4.52. The van der Waals surface area contributed by atoms with E-state index in [0.717, 1.165) is 17.4 Å². The molecule has 0 saturated carbocycles. The summed E-state index contributed by atoms with van der Waals surface area (Å²) in [6.07, 6.45) is 3.95. The Morgan fingerprint density at radius 2 is 1.84 bits per heavy atom.